The van der Waals surface area contributed by atoms with E-state index in [1.807, 2.05) is 25.1 Å². The fraction of sp³-hybridized carbons (Fsp3) is 0.250. The largest absolute Gasteiger partial charge is 0.438 e. The third-order valence-corrected chi connectivity index (χ3v) is 5.35. The Bertz CT molecular complexity index is 1250. The fourth-order valence-corrected chi connectivity index (χ4v) is 3.72. The van der Waals surface area contributed by atoms with Crippen molar-refractivity contribution in [2.45, 2.75) is 38.6 Å². The van der Waals surface area contributed by atoms with E-state index in [0.29, 0.717) is 11.4 Å². The lowest BCUT2D eigenvalue weighted by Crippen LogP contribution is -2.33. The minimum absolute atomic E-state index is 0.0464. The van der Waals surface area contributed by atoms with Crippen LogP contribution in [0.4, 0.5) is 0 Å². The molecule has 2 aromatic heterocycles. The Labute approximate surface area is 179 Å². The topological polar surface area (TPSA) is 96.5 Å². The molecule has 1 aliphatic carbocycles. The van der Waals surface area contributed by atoms with E-state index in [-0.39, 0.29) is 23.1 Å². The molecule has 1 fully saturated rings. The molecule has 0 saturated heterocycles. The van der Waals surface area contributed by atoms with Crippen molar-refractivity contribution in [2.24, 2.45) is 0 Å². The van der Waals surface area contributed by atoms with Crippen molar-refractivity contribution in [3.63, 3.8) is 0 Å². The van der Waals surface area contributed by atoms with Gasteiger partial charge in [0.25, 0.3) is 11.5 Å². The van der Waals surface area contributed by atoms with E-state index in [2.05, 4.69) is 10.3 Å². The van der Waals surface area contributed by atoms with Crippen molar-refractivity contribution in [2.75, 3.05) is 0 Å². The second kappa shape index (κ2) is 8.84. The fourth-order valence-electron chi connectivity index (χ4n) is 3.72. The van der Waals surface area contributed by atoms with Crippen LogP contribution in [0.15, 0.2) is 59.0 Å². The third-order valence-electron chi connectivity index (χ3n) is 5.35. The molecule has 1 amide bonds. The second-order valence-electron chi connectivity index (χ2n) is 7.56. The van der Waals surface area contributed by atoms with Crippen molar-refractivity contribution in [3.8, 4) is 17.7 Å². The zero-order chi connectivity index (χ0) is 21.8. The molecular weight excluding hydrogens is 392 g/mol. The molecule has 0 atom stereocenters. The molecule has 2 heterocycles. The molecule has 7 nitrogen and oxygen atoms in total. The summed E-state index contributed by atoms with van der Waals surface area (Å²) in [4.78, 5) is 30.5. The van der Waals surface area contributed by atoms with Gasteiger partial charge in [-0.2, -0.15) is 10.2 Å². The Morgan fingerprint density at radius 2 is 1.97 bits per heavy atom. The van der Waals surface area contributed by atoms with Crippen LogP contribution in [-0.4, -0.2) is 21.3 Å². The van der Waals surface area contributed by atoms with E-state index in [0.717, 1.165) is 31.2 Å². The number of hydrogen-bond donors (Lipinski definition) is 1. The van der Waals surface area contributed by atoms with Gasteiger partial charge in [0.2, 0.25) is 5.88 Å². The van der Waals surface area contributed by atoms with Gasteiger partial charge in [-0.1, -0.05) is 37.1 Å². The van der Waals surface area contributed by atoms with Crippen LogP contribution in [0.25, 0.3) is 11.7 Å². The molecule has 1 aliphatic rings. The number of carbonyl (C=O) groups is 1. The zero-order valence-electron chi connectivity index (χ0n) is 17.2. The molecule has 3 aromatic rings. The first-order valence-electron chi connectivity index (χ1n) is 10.2. The quantitative estimate of drug-likeness (QED) is 0.506. The Morgan fingerprint density at radius 3 is 2.68 bits per heavy atom. The number of rotatable bonds is 5. The van der Waals surface area contributed by atoms with Crippen molar-refractivity contribution in [1.29, 1.82) is 5.26 Å². The summed E-state index contributed by atoms with van der Waals surface area (Å²) in [5.41, 5.74) is 0.722. The monoisotopic (exact) mass is 414 g/mol. The molecule has 0 bridgehead atoms. The highest BCUT2D eigenvalue weighted by atomic mass is 16.5. The SMILES string of the molecule is Cc1cccn2c(=O)c(C=C(C#N)C(=O)NC3CCCC3)c(Oc3ccccc3)nc12. The van der Waals surface area contributed by atoms with Gasteiger partial charge < -0.3 is 10.1 Å². The number of nitriles is 1. The third kappa shape index (κ3) is 4.33. The first-order chi connectivity index (χ1) is 15.1. The first-order valence-corrected chi connectivity index (χ1v) is 10.2. The summed E-state index contributed by atoms with van der Waals surface area (Å²) in [6, 6.07) is 14.5. The van der Waals surface area contributed by atoms with Gasteiger partial charge >= 0.3 is 0 Å². The summed E-state index contributed by atoms with van der Waals surface area (Å²) in [6.45, 7) is 1.85. The highest BCUT2D eigenvalue weighted by Gasteiger charge is 2.21. The van der Waals surface area contributed by atoms with E-state index in [9.17, 15) is 14.9 Å². The minimum Gasteiger partial charge on any atom is -0.438 e. The normalized spacial score (nSPS) is 14.4. The van der Waals surface area contributed by atoms with Crippen LogP contribution >= 0.6 is 0 Å². The van der Waals surface area contributed by atoms with E-state index < -0.39 is 11.5 Å². The van der Waals surface area contributed by atoms with Crippen LogP contribution in [0.5, 0.6) is 11.6 Å². The van der Waals surface area contributed by atoms with Crippen LogP contribution in [0.2, 0.25) is 0 Å². The number of aryl methyl sites for hydroxylation is 1. The molecule has 1 N–H and O–H groups in total. The van der Waals surface area contributed by atoms with Crippen LogP contribution in [0, 0.1) is 18.3 Å². The van der Waals surface area contributed by atoms with Crippen molar-refractivity contribution in [1.82, 2.24) is 14.7 Å². The smallest absolute Gasteiger partial charge is 0.269 e. The maximum atomic E-state index is 13.3. The highest BCUT2D eigenvalue weighted by molar-refractivity contribution is 6.02. The number of hydrogen-bond acceptors (Lipinski definition) is 5. The molecule has 4 rings (SSSR count). The number of nitrogens with zero attached hydrogens (tertiary/aromatic N) is 3. The van der Waals surface area contributed by atoms with Gasteiger partial charge in [-0.15, -0.1) is 0 Å². The second-order valence-corrected chi connectivity index (χ2v) is 7.56. The Hall–Kier alpha value is -3.92. The zero-order valence-corrected chi connectivity index (χ0v) is 17.2. The predicted molar refractivity (Wildman–Crippen MR) is 117 cm³/mol. The molecule has 1 aromatic carbocycles. The van der Waals surface area contributed by atoms with E-state index >= 15 is 0 Å². The molecule has 156 valence electrons. The van der Waals surface area contributed by atoms with Crippen LogP contribution in [0.1, 0.15) is 36.8 Å². The van der Waals surface area contributed by atoms with Gasteiger partial charge in [0.05, 0.1) is 0 Å². The maximum absolute atomic E-state index is 13.3. The molecular formula is C24H22N4O3. The predicted octanol–water partition coefficient (Wildman–Crippen LogP) is 3.76. The summed E-state index contributed by atoms with van der Waals surface area (Å²) < 4.78 is 7.29. The lowest BCUT2D eigenvalue weighted by molar-refractivity contribution is -0.117. The highest BCUT2D eigenvalue weighted by Crippen LogP contribution is 2.25. The van der Waals surface area contributed by atoms with Gasteiger partial charge in [-0.25, -0.2) is 0 Å². The van der Waals surface area contributed by atoms with E-state index in [1.54, 1.807) is 36.5 Å². The maximum Gasteiger partial charge on any atom is 0.269 e. The van der Waals surface area contributed by atoms with Crippen LogP contribution in [0.3, 0.4) is 0 Å². The van der Waals surface area contributed by atoms with Gasteiger partial charge in [-0.3, -0.25) is 14.0 Å². The molecule has 1 saturated carbocycles. The molecule has 0 spiro atoms. The number of aromatic nitrogens is 2. The number of benzene rings is 1. The Morgan fingerprint density at radius 1 is 1.23 bits per heavy atom. The van der Waals surface area contributed by atoms with Crippen molar-refractivity contribution < 1.29 is 9.53 Å². The molecule has 0 aliphatic heterocycles. The number of pyridine rings is 1. The average Bonchev–Trinajstić information content (AvgIpc) is 3.28. The van der Waals surface area contributed by atoms with Crippen LogP contribution in [-0.2, 0) is 4.79 Å². The minimum atomic E-state index is -0.492. The van der Waals surface area contributed by atoms with Gasteiger partial charge in [0, 0.05) is 12.2 Å². The number of fused-ring (bicyclic) bond motifs is 1. The molecule has 0 unspecified atom stereocenters. The van der Waals surface area contributed by atoms with E-state index in [1.165, 1.54) is 10.5 Å². The summed E-state index contributed by atoms with van der Waals surface area (Å²) >= 11 is 0. The van der Waals surface area contributed by atoms with E-state index in [4.69, 9.17) is 4.74 Å². The standard InChI is InChI=1S/C24H22N4O3/c1-16-8-7-13-28-21(16)27-23(31-19-11-3-2-4-12-19)20(24(28)30)14-17(15-25)22(29)26-18-9-5-6-10-18/h2-4,7-8,11-14,18H,5-6,9-10H2,1H3,(H,26,29). The lowest BCUT2D eigenvalue weighted by atomic mass is 10.1. The summed E-state index contributed by atoms with van der Waals surface area (Å²) in [7, 11) is 0. The van der Waals surface area contributed by atoms with Gasteiger partial charge in [0.1, 0.15) is 28.6 Å². The average molecular weight is 414 g/mol. The summed E-state index contributed by atoms with van der Waals surface area (Å²) in [5.74, 6) is 0.0524. The molecule has 0 radical (unpaired) electrons. The number of ether oxygens (including phenoxy) is 1. The molecule has 7 heteroatoms. The van der Waals surface area contributed by atoms with Crippen molar-refractivity contribution in [3.05, 3.63) is 75.7 Å². The summed E-state index contributed by atoms with van der Waals surface area (Å²) in [5, 5.41) is 12.5. The number of amides is 1. The van der Waals surface area contributed by atoms with Gasteiger partial charge in [0.15, 0.2) is 0 Å². The van der Waals surface area contributed by atoms with Crippen molar-refractivity contribution >= 4 is 17.6 Å². The number of carbonyl (C=O) groups excluding carboxylic acids is 1. The summed E-state index contributed by atoms with van der Waals surface area (Å²) in [6.07, 6.45) is 6.78. The van der Waals surface area contributed by atoms with Gasteiger partial charge in [-0.05, 0) is 49.6 Å². The Balaban J connectivity index is 1.82. The first kappa shape index (κ1) is 20.4. The van der Waals surface area contributed by atoms with Crippen LogP contribution < -0.4 is 15.6 Å². The lowest BCUT2D eigenvalue weighted by Gasteiger charge is -2.13. The number of nitrogens with one attached hydrogen (secondary N) is 1. The Kier molecular flexibility index (Phi) is 5.80. The molecule has 31 heavy (non-hydrogen) atoms. The number of para-hydroxylation sites is 1.